The van der Waals surface area contributed by atoms with Crippen LogP contribution >= 0.6 is 0 Å². The van der Waals surface area contributed by atoms with E-state index in [2.05, 4.69) is 10.3 Å². The maximum absolute atomic E-state index is 13.3. The molecule has 3 rings (SSSR count). The zero-order valence-electron chi connectivity index (χ0n) is 14.3. The van der Waals surface area contributed by atoms with Gasteiger partial charge in [0.15, 0.2) is 0 Å². The molecule has 1 heterocycles. The van der Waals surface area contributed by atoms with E-state index in [1.54, 1.807) is 59.6 Å². The molecule has 2 atom stereocenters. The highest BCUT2D eigenvalue weighted by Gasteiger charge is 2.21. The number of carbonyl (C=O) groups excluding carboxylic acids is 1. The molecule has 1 aromatic heterocycles. The van der Waals surface area contributed by atoms with Crippen LogP contribution in [0.25, 0.3) is 0 Å². The van der Waals surface area contributed by atoms with Crippen molar-refractivity contribution < 1.29 is 13.4 Å². The summed E-state index contributed by atoms with van der Waals surface area (Å²) in [4.78, 5) is 17.7. The lowest BCUT2D eigenvalue weighted by molar-refractivity contribution is 0.0941. The summed E-state index contributed by atoms with van der Waals surface area (Å²) >= 11 is 0. The highest BCUT2D eigenvalue weighted by molar-refractivity contribution is 7.84. The van der Waals surface area contributed by atoms with Crippen LogP contribution in [0.5, 0.6) is 0 Å². The van der Waals surface area contributed by atoms with Gasteiger partial charge < -0.3 is 9.88 Å². The molecular weight excluding hydrogens is 353 g/mol. The van der Waals surface area contributed by atoms with Crippen molar-refractivity contribution in [2.75, 3.05) is 6.26 Å². The van der Waals surface area contributed by atoms with Gasteiger partial charge in [-0.1, -0.05) is 12.1 Å². The van der Waals surface area contributed by atoms with Gasteiger partial charge in [-0.25, -0.2) is 9.37 Å². The molecule has 7 heteroatoms. The predicted octanol–water partition coefficient (Wildman–Crippen LogP) is 2.82. The molecular formula is C19H18FN3O2S. The Hall–Kier alpha value is -2.80. The second kappa shape index (κ2) is 7.61. The van der Waals surface area contributed by atoms with Crippen molar-refractivity contribution in [3.05, 3.63) is 83.7 Å². The van der Waals surface area contributed by atoms with Crippen LogP contribution in [0.3, 0.4) is 0 Å². The minimum Gasteiger partial charge on any atom is -0.338 e. The predicted molar refractivity (Wildman–Crippen MR) is 97.7 cm³/mol. The van der Waals surface area contributed by atoms with Gasteiger partial charge in [-0.2, -0.15) is 0 Å². The first-order chi connectivity index (χ1) is 12.5. The SMILES string of the molecule is Cn1ccnc1C(NC(=O)c1ccc(S(C)=O)cc1)c1ccc(F)cc1. The first kappa shape index (κ1) is 18.0. The Bertz CT molecular complexity index is 936. The number of imidazole rings is 1. The topological polar surface area (TPSA) is 64.0 Å². The summed E-state index contributed by atoms with van der Waals surface area (Å²) in [7, 11) is 0.729. The highest BCUT2D eigenvalue weighted by atomic mass is 32.2. The summed E-state index contributed by atoms with van der Waals surface area (Å²) in [5.74, 6) is -0.00572. The van der Waals surface area contributed by atoms with Crippen LogP contribution in [0.1, 0.15) is 27.8 Å². The molecule has 0 radical (unpaired) electrons. The van der Waals surface area contributed by atoms with Crippen LogP contribution in [-0.2, 0) is 17.8 Å². The van der Waals surface area contributed by atoms with Crippen LogP contribution in [0.15, 0.2) is 65.8 Å². The molecule has 0 saturated carbocycles. The van der Waals surface area contributed by atoms with Crippen molar-refractivity contribution in [1.82, 2.24) is 14.9 Å². The van der Waals surface area contributed by atoms with E-state index in [9.17, 15) is 13.4 Å². The van der Waals surface area contributed by atoms with E-state index in [4.69, 9.17) is 0 Å². The van der Waals surface area contributed by atoms with E-state index in [0.717, 1.165) is 5.56 Å². The molecule has 0 fully saturated rings. The quantitative estimate of drug-likeness (QED) is 0.750. The highest BCUT2D eigenvalue weighted by Crippen LogP contribution is 2.21. The Labute approximate surface area is 153 Å². The number of halogens is 1. The first-order valence-corrected chi connectivity index (χ1v) is 9.48. The molecule has 0 saturated heterocycles. The fraction of sp³-hybridized carbons (Fsp3) is 0.158. The molecule has 0 aliphatic heterocycles. The van der Waals surface area contributed by atoms with E-state index in [1.165, 1.54) is 12.1 Å². The van der Waals surface area contributed by atoms with Crippen molar-refractivity contribution in [2.24, 2.45) is 7.05 Å². The van der Waals surface area contributed by atoms with E-state index in [1.807, 2.05) is 7.05 Å². The molecule has 0 bridgehead atoms. The largest absolute Gasteiger partial charge is 0.338 e. The average Bonchev–Trinajstić information content (AvgIpc) is 3.06. The van der Waals surface area contributed by atoms with E-state index in [-0.39, 0.29) is 11.7 Å². The summed E-state index contributed by atoms with van der Waals surface area (Å²) in [6.07, 6.45) is 5.01. The van der Waals surface area contributed by atoms with Crippen molar-refractivity contribution >= 4 is 16.7 Å². The second-order valence-electron chi connectivity index (χ2n) is 5.83. The van der Waals surface area contributed by atoms with Crippen molar-refractivity contribution in [1.29, 1.82) is 0 Å². The van der Waals surface area contributed by atoms with Crippen LogP contribution in [0, 0.1) is 5.82 Å². The Morgan fingerprint density at radius 2 is 1.81 bits per heavy atom. The first-order valence-electron chi connectivity index (χ1n) is 7.93. The van der Waals surface area contributed by atoms with Gasteiger partial charge in [-0.05, 0) is 42.0 Å². The minimum atomic E-state index is -1.10. The van der Waals surface area contributed by atoms with Gasteiger partial charge in [0, 0.05) is 47.0 Å². The van der Waals surface area contributed by atoms with Gasteiger partial charge in [0.05, 0.1) is 0 Å². The smallest absolute Gasteiger partial charge is 0.252 e. The standard InChI is InChI=1S/C19H18FN3O2S/c1-23-12-11-21-18(23)17(13-3-7-15(20)8-4-13)22-19(24)14-5-9-16(10-6-14)26(2)25/h3-12,17H,1-2H3,(H,22,24). The number of nitrogens with zero attached hydrogens (tertiary/aromatic N) is 2. The molecule has 0 aliphatic carbocycles. The average molecular weight is 371 g/mol. The number of benzene rings is 2. The third-order valence-electron chi connectivity index (χ3n) is 4.04. The number of nitrogens with one attached hydrogen (secondary N) is 1. The van der Waals surface area contributed by atoms with Crippen LogP contribution in [-0.4, -0.2) is 25.9 Å². The fourth-order valence-electron chi connectivity index (χ4n) is 2.62. The van der Waals surface area contributed by atoms with Gasteiger partial charge in [-0.15, -0.1) is 0 Å². The summed E-state index contributed by atoms with van der Waals surface area (Å²) in [5.41, 5.74) is 1.17. The minimum absolute atomic E-state index is 0.296. The molecule has 1 amide bonds. The van der Waals surface area contributed by atoms with Gasteiger partial charge in [0.1, 0.15) is 17.7 Å². The third kappa shape index (κ3) is 3.88. The zero-order chi connectivity index (χ0) is 18.7. The molecule has 0 aliphatic rings. The van der Waals surface area contributed by atoms with E-state index in [0.29, 0.717) is 16.3 Å². The van der Waals surface area contributed by atoms with Crippen molar-refractivity contribution in [3.63, 3.8) is 0 Å². The third-order valence-corrected chi connectivity index (χ3v) is 4.98. The number of carbonyl (C=O) groups is 1. The summed E-state index contributed by atoms with van der Waals surface area (Å²) in [5, 5.41) is 2.94. The lowest BCUT2D eigenvalue weighted by atomic mass is 10.1. The van der Waals surface area contributed by atoms with Crippen LogP contribution < -0.4 is 5.32 Å². The summed E-state index contributed by atoms with van der Waals surface area (Å²) in [6.45, 7) is 0. The molecule has 5 nitrogen and oxygen atoms in total. The lowest BCUT2D eigenvalue weighted by Gasteiger charge is -2.19. The molecule has 3 aromatic rings. The van der Waals surface area contributed by atoms with Crippen molar-refractivity contribution in [2.45, 2.75) is 10.9 Å². The van der Waals surface area contributed by atoms with Gasteiger partial charge in [0.2, 0.25) is 0 Å². The molecule has 2 aromatic carbocycles. The number of rotatable bonds is 5. The Balaban J connectivity index is 1.90. The van der Waals surface area contributed by atoms with E-state index >= 15 is 0 Å². The summed E-state index contributed by atoms with van der Waals surface area (Å²) in [6, 6.07) is 12.0. The Morgan fingerprint density at radius 3 is 2.35 bits per heavy atom. The Morgan fingerprint density at radius 1 is 1.15 bits per heavy atom. The number of hydrogen-bond acceptors (Lipinski definition) is 3. The maximum atomic E-state index is 13.3. The molecule has 0 spiro atoms. The van der Waals surface area contributed by atoms with Gasteiger partial charge in [0.25, 0.3) is 5.91 Å². The summed E-state index contributed by atoms with van der Waals surface area (Å²) < 4.78 is 26.6. The van der Waals surface area contributed by atoms with Crippen LogP contribution in [0.2, 0.25) is 0 Å². The maximum Gasteiger partial charge on any atom is 0.252 e. The molecule has 2 unspecified atom stereocenters. The fourth-order valence-corrected chi connectivity index (χ4v) is 3.14. The van der Waals surface area contributed by atoms with Gasteiger partial charge in [-0.3, -0.25) is 9.00 Å². The number of aromatic nitrogens is 2. The lowest BCUT2D eigenvalue weighted by Crippen LogP contribution is -2.31. The zero-order valence-corrected chi connectivity index (χ0v) is 15.2. The van der Waals surface area contributed by atoms with Crippen molar-refractivity contribution in [3.8, 4) is 0 Å². The number of amides is 1. The van der Waals surface area contributed by atoms with E-state index < -0.39 is 16.8 Å². The molecule has 134 valence electrons. The molecule has 1 N–H and O–H groups in total. The molecule has 26 heavy (non-hydrogen) atoms. The normalized spacial score (nSPS) is 13.2. The van der Waals surface area contributed by atoms with Crippen LogP contribution in [0.4, 0.5) is 4.39 Å². The van der Waals surface area contributed by atoms with Gasteiger partial charge >= 0.3 is 0 Å². The number of hydrogen-bond donors (Lipinski definition) is 1. The number of aryl methyl sites for hydroxylation is 1. The monoisotopic (exact) mass is 371 g/mol. The Kier molecular flexibility index (Phi) is 5.27. The second-order valence-corrected chi connectivity index (χ2v) is 7.21.